The van der Waals surface area contributed by atoms with Crippen molar-refractivity contribution in [2.75, 3.05) is 18.5 Å². The molecule has 5 nitrogen and oxygen atoms in total. The molecule has 2 aromatic carbocycles. The van der Waals surface area contributed by atoms with Crippen LogP contribution in [0.15, 0.2) is 48.5 Å². The third kappa shape index (κ3) is 6.18. The Kier molecular flexibility index (Phi) is 7.49. The van der Waals surface area contributed by atoms with Crippen LogP contribution >= 0.6 is 0 Å². The van der Waals surface area contributed by atoms with Crippen molar-refractivity contribution in [1.82, 2.24) is 5.32 Å². The molecular weight excluding hydrogens is 347 g/mol. The predicted molar refractivity (Wildman–Crippen MR) is 103 cm³/mol. The average Bonchev–Trinajstić information content (AvgIpc) is 2.64. The second kappa shape index (κ2) is 9.83. The maximum atomic E-state index is 13.1. The van der Waals surface area contributed by atoms with Crippen LogP contribution in [0.2, 0.25) is 0 Å². The smallest absolute Gasteiger partial charge is 0.338 e. The minimum Gasteiger partial charge on any atom is -0.462 e. The highest BCUT2D eigenvalue weighted by molar-refractivity contribution is 5.94. The van der Waals surface area contributed by atoms with Gasteiger partial charge in [-0.25, -0.2) is 9.18 Å². The predicted octanol–water partition coefficient (Wildman–Crippen LogP) is 3.93. The molecule has 2 aromatic rings. The third-order valence-corrected chi connectivity index (χ3v) is 4.06. The van der Waals surface area contributed by atoms with E-state index < -0.39 is 5.97 Å². The second-order valence-corrected chi connectivity index (χ2v) is 6.50. The molecule has 0 bridgehead atoms. The van der Waals surface area contributed by atoms with E-state index >= 15 is 0 Å². The maximum Gasteiger partial charge on any atom is 0.338 e. The number of rotatable bonds is 8. The summed E-state index contributed by atoms with van der Waals surface area (Å²) < 4.78 is 18.0. The van der Waals surface area contributed by atoms with E-state index in [1.165, 1.54) is 12.1 Å². The normalized spacial score (nSPS) is 11.9. The van der Waals surface area contributed by atoms with Crippen molar-refractivity contribution in [3.05, 3.63) is 65.5 Å². The van der Waals surface area contributed by atoms with Gasteiger partial charge in [0.15, 0.2) is 0 Å². The van der Waals surface area contributed by atoms with Crippen LogP contribution in [-0.4, -0.2) is 25.0 Å². The first kappa shape index (κ1) is 20.6. The number of anilines is 1. The van der Waals surface area contributed by atoms with Crippen LogP contribution in [0.25, 0.3) is 0 Å². The van der Waals surface area contributed by atoms with Gasteiger partial charge >= 0.3 is 5.97 Å². The highest BCUT2D eigenvalue weighted by Gasteiger charge is 2.17. The standard InChI is InChI=1S/C21H25FN2O3/c1-4-27-21(26)16-7-11-18(12-8-16)24-19(25)13-23-20(14(2)3)15-5-9-17(22)10-6-15/h5-12,14,20,23H,4,13H2,1-3H3,(H,24,25)/t20-/m0/s1. The molecular formula is C21H25FN2O3. The molecule has 0 spiro atoms. The number of ether oxygens (including phenoxy) is 1. The van der Waals surface area contributed by atoms with E-state index in [0.717, 1.165) is 5.56 Å². The maximum absolute atomic E-state index is 13.1. The molecule has 27 heavy (non-hydrogen) atoms. The van der Waals surface area contributed by atoms with Crippen molar-refractivity contribution in [2.24, 2.45) is 5.92 Å². The number of amides is 1. The van der Waals surface area contributed by atoms with Crippen molar-refractivity contribution >= 4 is 17.6 Å². The van der Waals surface area contributed by atoms with Crippen LogP contribution in [0.4, 0.5) is 10.1 Å². The number of halogens is 1. The van der Waals surface area contributed by atoms with Gasteiger partial charge in [0.1, 0.15) is 5.82 Å². The Morgan fingerprint density at radius 3 is 2.22 bits per heavy atom. The van der Waals surface area contributed by atoms with Crippen molar-refractivity contribution in [3.63, 3.8) is 0 Å². The summed E-state index contributed by atoms with van der Waals surface area (Å²) in [6.45, 7) is 6.24. The fourth-order valence-electron chi connectivity index (χ4n) is 2.72. The summed E-state index contributed by atoms with van der Waals surface area (Å²) in [7, 11) is 0. The van der Waals surface area contributed by atoms with Gasteiger partial charge in [0.2, 0.25) is 5.91 Å². The molecule has 144 valence electrons. The average molecular weight is 372 g/mol. The summed E-state index contributed by atoms with van der Waals surface area (Å²) in [5.41, 5.74) is 1.96. The molecule has 0 fully saturated rings. The van der Waals surface area contributed by atoms with Gasteiger partial charge in [-0.15, -0.1) is 0 Å². The lowest BCUT2D eigenvalue weighted by Gasteiger charge is -2.22. The topological polar surface area (TPSA) is 67.4 Å². The first-order valence-corrected chi connectivity index (χ1v) is 8.96. The number of esters is 1. The van der Waals surface area contributed by atoms with Gasteiger partial charge in [-0.05, 0) is 54.8 Å². The molecule has 0 aliphatic rings. The zero-order chi connectivity index (χ0) is 19.8. The molecule has 1 atom stereocenters. The van der Waals surface area contributed by atoms with Crippen molar-refractivity contribution < 1.29 is 18.7 Å². The highest BCUT2D eigenvalue weighted by Crippen LogP contribution is 2.21. The van der Waals surface area contributed by atoms with E-state index in [-0.39, 0.29) is 30.2 Å². The molecule has 0 radical (unpaired) electrons. The summed E-state index contributed by atoms with van der Waals surface area (Å²) in [4.78, 5) is 23.9. The molecule has 2 N–H and O–H groups in total. The van der Waals surface area contributed by atoms with Gasteiger partial charge in [-0.3, -0.25) is 4.79 Å². The highest BCUT2D eigenvalue weighted by atomic mass is 19.1. The fraction of sp³-hybridized carbons (Fsp3) is 0.333. The van der Waals surface area contributed by atoms with Crippen molar-refractivity contribution in [2.45, 2.75) is 26.8 Å². The number of carbonyl (C=O) groups excluding carboxylic acids is 2. The van der Waals surface area contributed by atoms with Gasteiger partial charge in [0.05, 0.1) is 18.7 Å². The van der Waals surface area contributed by atoms with Gasteiger partial charge in [0.25, 0.3) is 0 Å². The Morgan fingerprint density at radius 1 is 1.04 bits per heavy atom. The minimum absolute atomic E-state index is 0.0671. The van der Waals surface area contributed by atoms with E-state index in [1.54, 1.807) is 43.3 Å². The Labute approximate surface area is 158 Å². The van der Waals surface area contributed by atoms with Crippen molar-refractivity contribution in [1.29, 1.82) is 0 Å². The summed E-state index contributed by atoms with van der Waals surface area (Å²) in [5.74, 6) is -0.653. The fourth-order valence-corrected chi connectivity index (χ4v) is 2.72. The second-order valence-electron chi connectivity index (χ2n) is 6.50. The first-order valence-electron chi connectivity index (χ1n) is 8.96. The van der Waals surface area contributed by atoms with Crippen LogP contribution in [0.3, 0.4) is 0 Å². The lowest BCUT2D eigenvalue weighted by molar-refractivity contribution is -0.115. The van der Waals surface area contributed by atoms with Crippen LogP contribution in [-0.2, 0) is 9.53 Å². The third-order valence-electron chi connectivity index (χ3n) is 4.06. The Balaban J connectivity index is 1.92. The number of benzene rings is 2. The summed E-state index contributed by atoms with van der Waals surface area (Å²) >= 11 is 0. The lowest BCUT2D eigenvalue weighted by atomic mass is 9.96. The Hall–Kier alpha value is -2.73. The molecule has 6 heteroatoms. The summed E-state index contributed by atoms with van der Waals surface area (Å²) in [6, 6.07) is 12.7. The summed E-state index contributed by atoms with van der Waals surface area (Å²) in [5, 5.41) is 5.99. The molecule has 0 aliphatic carbocycles. The number of nitrogens with one attached hydrogen (secondary N) is 2. The molecule has 1 amide bonds. The van der Waals surface area contributed by atoms with E-state index in [9.17, 15) is 14.0 Å². The largest absolute Gasteiger partial charge is 0.462 e. The quantitative estimate of drug-likeness (QED) is 0.689. The van der Waals surface area contributed by atoms with Crippen LogP contribution < -0.4 is 10.6 Å². The number of hydrogen-bond acceptors (Lipinski definition) is 4. The van der Waals surface area contributed by atoms with E-state index in [2.05, 4.69) is 10.6 Å². The Bertz CT molecular complexity index is 758. The van der Waals surface area contributed by atoms with Gasteiger partial charge in [-0.1, -0.05) is 26.0 Å². The van der Waals surface area contributed by atoms with E-state index in [4.69, 9.17) is 4.74 Å². The molecule has 0 unspecified atom stereocenters. The molecule has 0 saturated carbocycles. The first-order chi connectivity index (χ1) is 12.9. The zero-order valence-electron chi connectivity index (χ0n) is 15.8. The van der Waals surface area contributed by atoms with Crippen LogP contribution in [0.1, 0.15) is 42.7 Å². The lowest BCUT2D eigenvalue weighted by Crippen LogP contribution is -2.33. The molecule has 0 aromatic heterocycles. The van der Waals surface area contributed by atoms with E-state index in [1.807, 2.05) is 13.8 Å². The monoisotopic (exact) mass is 372 g/mol. The molecule has 2 rings (SSSR count). The van der Waals surface area contributed by atoms with Gasteiger partial charge in [-0.2, -0.15) is 0 Å². The number of hydrogen-bond donors (Lipinski definition) is 2. The van der Waals surface area contributed by atoms with Gasteiger partial charge in [0, 0.05) is 11.7 Å². The Morgan fingerprint density at radius 2 is 1.67 bits per heavy atom. The number of carbonyl (C=O) groups is 2. The zero-order valence-corrected chi connectivity index (χ0v) is 15.8. The van der Waals surface area contributed by atoms with E-state index in [0.29, 0.717) is 17.9 Å². The molecule has 0 heterocycles. The SMILES string of the molecule is CCOC(=O)c1ccc(NC(=O)CN[C@H](c2ccc(F)cc2)C(C)C)cc1. The van der Waals surface area contributed by atoms with Gasteiger partial charge < -0.3 is 15.4 Å². The van der Waals surface area contributed by atoms with Crippen molar-refractivity contribution in [3.8, 4) is 0 Å². The van der Waals surface area contributed by atoms with Crippen LogP contribution in [0.5, 0.6) is 0 Å². The van der Waals surface area contributed by atoms with Crippen LogP contribution in [0, 0.1) is 11.7 Å². The summed E-state index contributed by atoms with van der Waals surface area (Å²) in [6.07, 6.45) is 0. The minimum atomic E-state index is -0.392. The molecule has 0 aliphatic heterocycles. The molecule has 0 saturated heterocycles.